The van der Waals surface area contributed by atoms with Gasteiger partial charge in [0.2, 0.25) is 0 Å². The third-order valence-corrected chi connectivity index (χ3v) is 2.07. The van der Waals surface area contributed by atoms with Gasteiger partial charge in [-0.15, -0.1) is 5.10 Å². The fourth-order valence-electron chi connectivity index (χ4n) is 1.36. The Hall–Kier alpha value is -1.88. The number of H-pyrrole nitrogens is 1. The molecule has 1 heterocycles. The lowest BCUT2D eigenvalue weighted by Crippen LogP contribution is -2.22. The van der Waals surface area contributed by atoms with Crippen molar-refractivity contribution in [2.24, 2.45) is 5.73 Å². The molecule has 0 aliphatic carbocycles. The predicted octanol–water partition coefficient (Wildman–Crippen LogP) is 0.197. The Bertz CT molecular complexity index is 486. The van der Waals surface area contributed by atoms with E-state index in [2.05, 4.69) is 10.1 Å². The Morgan fingerprint density at radius 2 is 2.07 bits per heavy atom. The summed E-state index contributed by atoms with van der Waals surface area (Å²) in [6.07, 6.45) is 0. The molecule has 1 aromatic heterocycles. The first kappa shape index (κ1) is 9.67. The van der Waals surface area contributed by atoms with Crippen LogP contribution in [0.15, 0.2) is 35.1 Å². The van der Waals surface area contributed by atoms with E-state index in [9.17, 15) is 4.79 Å². The van der Waals surface area contributed by atoms with Crippen LogP contribution in [0.1, 0.15) is 0 Å². The summed E-state index contributed by atoms with van der Waals surface area (Å²) in [5, 5.41) is 4.14. The van der Waals surface area contributed by atoms with E-state index < -0.39 is 0 Å². The lowest BCUT2D eigenvalue weighted by Gasteiger charge is -1.94. The zero-order valence-electron chi connectivity index (χ0n) is 8.18. The number of benzene rings is 1. The second-order valence-electron chi connectivity index (χ2n) is 3.16. The average Bonchev–Trinajstić information content (AvgIpc) is 2.63. The molecule has 0 saturated heterocycles. The Morgan fingerprint density at radius 1 is 1.33 bits per heavy atom. The van der Waals surface area contributed by atoms with Crippen molar-refractivity contribution in [3.05, 3.63) is 40.8 Å². The summed E-state index contributed by atoms with van der Waals surface area (Å²) >= 11 is 0. The van der Waals surface area contributed by atoms with E-state index in [-0.39, 0.29) is 5.69 Å². The lowest BCUT2D eigenvalue weighted by atomic mass is 10.2. The van der Waals surface area contributed by atoms with Crippen LogP contribution in [0.4, 0.5) is 0 Å². The average molecular weight is 204 g/mol. The molecule has 5 nitrogen and oxygen atoms in total. The monoisotopic (exact) mass is 204 g/mol. The zero-order valence-corrected chi connectivity index (χ0v) is 8.18. The fraction of sp³-hybridized carbons (Fsp3) is 0.200. The summed E-state index contributed by atoms with van der Waals surface area (Å²) in [4.78, 5) is 14.1. The fourth-order valence-corrected chi connectivity index (χ4v) is 1.36. The Balaban J connectivity index is 2.39. The zero-order chi connectivity index (χ0) is 10.7. The SMILES string of the molecule is NCCn1nc(-c2ccccc2)[nH]c1=O. The van der Waals surface area contributed by atoms with Gasteiger partial charge in [0.05, 0.1) is 6.54 Å². The summed E-state index contributed by atoms with van der Waals surface area (Å²) in [7, 11) is 0. The minimum atomic E-state index is -0.223. The molecule has 5 heteroatoms. The highest BCUT2D eigenvalue weighted by atomic mass is 16.1. The van der Waals surface area contributed by atoms with Gasteiger partial charge in [-0.2, -0.15) is 0 Å². The van der Waals surface area contributed by atoms with Crippen molar-refractivity contribution < 1.29 is 0 Å². The highest BCUT2D eigenvalue weighted by molar-refractivity contribution is 5.53. The van der Waals surface area contributed by atoms with E-state index in [0.717, 1.165) is 5.56 Å². The van der Waals surface area contributed by atoms with E-state index in [1.165, 1.54) is 4.68 Å². The second-order valence-corrected chi connectivity index (χ2v) is 3.16. The van der Waals surface area contributed by atoms with E-state index >= 15 is 0 Å². The van der Waals surface area contributed by atoms with Crippen molar-refractivity contribution in [1.29, 1.82) is 0 Å². The number of aromatic amines is 1. The Kier molecular flexibility index (Phi) is 2.64. The van der Waals surface area contributed by atoms with Crippen LogP contribution in [0.3, 0.4) is 0 Å². The molecule has 2 rings (SSSR count). The Labute approximate surface area is 86.5 Å². The first-order valence-electron chi connectivity index (χ1n) is 4.74. The smallest absolute Gasteiger partial charge is 0.329 e. The molecular formula is C10H12N4O. The van der Waals surface area contributed by atoms with Crippen LogP contribution in [-0.4, -0.2) is 21.3 Å². The molecule has 0 spiro atoms. The van der Waals surface area contributed by atoms with Crippen molar-refractivity contribution >= 4 is 0 Å². The molecule has 0 amide bonds. The summed E-state index contributed by atoms with van der Waals surface area (Å²) in [5.74, 6) is 0.578. The van der Waals surface area contributed by atoms with Gasteiger partial charge in [0.15, 0.2) is 5.82 Å². The number of nitrogens with one attached hydrogen (secondary N) is 1. The molecule has 0 bridgehead atoms. The molecule has 0 fully saturated rings. The largest absolute Gasteiger partial charge is 0.343 e. The number of nitrogens with two attached hydrogens (primary N) is 1. The van der Waals surface area contributed by atoms with Gasteiger partial charge in [0.1, 0.15) is 0 Å². The molecule has 0 aliphatic rings. The molecular weight excluding hydrogens is 192 g/mol. The second kappa shape index (κ2) is 4.10. The maximum atomic E-state index is 11.4. The van der Waals surface area contributed by atoms with Gasteiger partial charge in [0, 0.05) is 12.1 Å². The predicted molar refractivity (Wildman–Crippen MR) is 57.3 cm³/mol. The van der Waals surface area contributed by atoms with Crippen LogP contribution in [-0.2, 0) is 6.54 Å². The van der Waals surface area contributed by atoms with Crippen molar-refractivity contribution in [1.82, 2.24) is 14.8 Å². The third-order valence-electron chi connectivity index (χ3n) is 2.07. The van der Waals surface area contributed by atoms with E-state index in [4.69, 9.17) is 5.73 Å². The summed E-state index contributed by atoms with van der Waals surface area (Å²) < 4.78 is 1.34. The van der Waals surface area contributed by atoms with Gasteiger partial charge in [-0.3, -0.25) is 4.98 Å². The van der Waals surface area contributed by atoms with Crippen LogP contribution >= 0.6 is 0 Å². The van der Waals surface area contributed by atoms with Crippen molar-refractivity contribution in [2.75, 3.05) is 6.54 Å². The minimum Gasteiger partial charge on any atom is -0.329 e. The third kappa shape index (κ3) is 1.97. The van der Waals surface area contributed by atoms with Gasteiger partial charge >= 0.3 is 5.69 Å². The van der Waals surface area contributed by atoms with Gasteiger partial charge in [-0.25, -0.2) is 9.48 Å². The highest BCUT2D eigenvalue weighted by Crippen LogP contribution is 2.10. The van der Waals surface area contributed by atoms with Crippen molar-refractivity contribution in [2.45, 2.75) is 6.54 Å². The van der Waals surface area contributed by atoms with Gasteiger partial charge in [-0.1, -0.05) is 30.3 Å². The van der Waals surface area contributed by atoms with Crippen LogP contribution in [0.2, 0.25) is 0 Å². The summed E-state index contributed by atoms with van der Waals surface area (Å²) in [5.41, 5.74) is 6.03. The van der Waals surface area contributed by atoms with Crippen molar-refractivity contribution in [3.63, 3.8) is 0 Å². The minimum absolute atomic E-state index is 0.223. The quantitative estimate of drug-likeness (QED) is 0.749. The van der Waals surface area contributed by atoms with Gasteiger partial charge in [0.25, 0.3) is 0 Å². The maximum Gasteiger partial charge on any atom is 0.343 e. The van der Waals surface area contributed by atoms with Crippen LogP contribution in [0.5, 0.6) is 0 Å². The molecule has 0 aliphatic heterocycles. The normalized spacial score (nSPS) is 10.5. The number of hydrogen-bond donors (Lipinski definition) is 2. The summed E-state index contributed by atoms with van der Waals surface area (Å²) in [6, 6.07) is 9.50. The van der Waals surface area contributed by atoms with E-state index in [0.29, 0.717) is 18.9 Å². The first-order valence-corrected chi connectivity index (χ1v) is 4.74. The molecule has 1 aromatic carbocycles. The van der Waals surface area contributed by atoms with Gasteiger partial charge in [-0.05, 0) is 0 Å². The molecule has 0 radical (unpaired) electrons. The standard InChI is InChI=1S/C10H12N4O/c11-6-7-14-10(15)12-9(13-14)8-4-2-1-3-5-8/h1-5H,6-7,11H2,(H,12,13,15). The maximum absolute atomic E-state index is 11.4. The van der Waals surface area contributed by atoms with Crippen LogP contribution < -0.4 is 11.4 Å². The number of nitrogens with zero attached hydrogens (tertiary/aromatic N) is 2. The van der Waals surface area contributed by atoms with Crippen LogP contribution in [0.25, 0.3) is 11.4 Å². The van der Waals surface area contributed by atoms with Gasteiger partial charge < -0.3 is 5.73 Å². The molecule has 2 aromatic rings. The molecule has 0 unspecified atom stereocenters. The molecule has 0 saturated carbocycles. The number of hydrogen-bond acceptors (Lipinski definition) is 3. The number of rotatable bonds is 3. The molecule has 15 heavy (non-hydrogen) atoms. The van der Waals surface area contributed by atoms with E-state index in [1.54, 1.807) is 0 Å². The molecule has 3 N–H and O–H groups in total. The number of aromatic nitrogens is 3. The van der Waals surface area contributed by atoms with E-state index in [1.807, 2.05) is 30.3 Å². The first-order chi connectivity index (χ1) is 7.31. The topological polar surface area (TPSA) is 76.7 Å². The molecule has 78 valence electrons. The lowest BCUT2D eigenvalue weighted by molar-refractivity contribution is 0.603. The summed E-state index contributed by atoms with van der Waals surface area (Å²) in [6.45, 7) is 0.834. The highest BCUT2D eigenvalue weighted by Gasteiger charge is 2.05. The van der Waals surface area contributed by atoms with Crippen LogP contribution in [0, 0.1) is 0 Å². The molecule has 0 atom stereocenters. The van der Waals surface area contributed by atoms with Crippen molar-refractivity contribution in [3.8, 4) is 11.4 Å². The Morgan fingerprint density at radius 3 is 2.73 bits per heavy atom.